The number of fused-ring (bicyclic) bond motifs is 2. The van der Waals surface area contributed by atoms with Crippen LogP contribution in [-0.4, -0.2) is 0 Å². The van der Waals surface area contributed by atoms with Crippen LogP contribution in [0.2, 0.25) is 0 Å². The quantitative estimate of drug-likeness (QED) is 0.536. The number of rotatable bonds is 4. The van der Waals surface area contributed by atoms with Gasteiger partial charge >= 0.3 is 0 Å². The van der Waals surface area contributed by atoms with Crippen molar-refractivity contribution in [2.75, 3.05) is 0 Å². The van der Waals surface area contributed by atoms with Gasteiger partial charge in [-0.05, 0) is 70.4 Å². The maximum atomic E-state index is 6.05. The van der Waals surface area contributed by atoms with Gasteiger partial charge in [-0.1, -0.05) is 42.3 Å². The Morgan fingerprint density at radius 3 is 2.64 bits per heavy atom. The highest BCUT2D eigenvalue weighted by atomic mass is 17.2. The molecule has 0 amide bonds. The van der Waals surface area contributed by atoms with Crippen molar-refractivity contribution in [1.29, 1.82) is 0 Å². The van der Waals surface area contributed by atoms with Crippen molar-refractivity contribution >= 4 is 0 Å². The summed E-state index contributed by atoms with van der Waals surface area (Å²) in [5.74, 6) is 0.438. The molecule has 3 aliphatic rings. The van der Waals surface area contributed by atoms with Crippen LogP contribution in [0.25, 0.3) is 0 Å². The lowest BCUT2D eigenvalue weighted by Crippen LogP contribution is -2.52. The van der Waals surface area contributed by atoms with Crippen molar-refractivity contribution in [3.8, 4) is 0 Å². The van der Waals surface area contributed by atoms with E-state index in [0.29, 0.717) is 5.92 Å². The molecule has 0 radical (unpaired) electrons. The van der Waals surface area contributed by atoms with Crippen molar-refractivity contribution in [3.05, 3.63) is 46.5 Å². The molecule has 1 aliphatic carbocycles. The maximum absolute atomic E-state index is 6.05. The first-order chi connectivity index (χ1) is 10.4. The van der Waals surface area contributed by atoms with Gasteiger partial charge in [-0.25, -0.2) is 9.78 Å². The van der Waals surface area contributed by atoms with Crippen LogP contribution in [0.5, 0.6) is 0 Å². The standard InChI is InChI=1S/C20H28O2/c1-14(2)7-6-8-16(4)20-12-11-19(5,21-22-20)17-10-9-15(3)13-18(17)20/h7,9-10,13,16H,6,8,11-12H2,1-5H3/t16-,19-,20-/m0/s1. The second kappa shape index (κ2) is 5.50. The van der Waals surface area contributed by atoms with Crippen LogP contribution in [0.4, 0.5) is 0 Å². The molecule has 3 atom stereocenters. The fraction of sp³-hybridized carbons (Fsp3) is 0.600. The molecule has 1 aromatic rings. The van der Waals surface area contributed by atoms with E-state index in [9.17, 15) is 0 Å². The lowest BCUT2D eigenvalue weighted by Gasteiger charge is -2.53. The molecule has 22 heavy (non-hydrogen) atoms. The second-order valence-corrected chi connectivity index (χ2v) is 7.60. The Hall–Kier alpha value is -1.12. The summed E-state index contributed by atoms with van der Waals surface area (Å²) in [7, 11) is 0. The summed E-state index contributed by atoms with van der Waals surface area (Å²) in [6, 6.07) is 6.74. The van der Waals surface area contributed by atoms with Crippen molar-refractivity contribution in [2.45, 2.75) is 71.5 Å². The minimum atomic E-state index is -0.273. The summed E-state index contributed by atoms with van der Waals surface area (Å²) in [6.07, 6.45) is 6.64. The minimum Gasteiger partial charge on any atom is -0.225 e. The highest BCUT2D eigenvalue weighted by molar-refractivity contribution is 5.43. The van der Waals surface area contributed by atoms with Crippen molar-refractivity contribution < 1.29 is 9.78 Å². The molecular formula is C20H28O2. The SMILES string of the molecule is CC(C)=CCC[C@H](C)[C@]12CC[C@](C)(OO1)c1ccc(C)cc12. The smallest absolute Gasteiger partial charge is 0.131 e. The molecule has 1 saturated heterocycles. The molecule has 2 bridgehead atoms. The zero-order valence-corrected chi connectivity index (χ0v) is 14.5. The van der Waals surface area contributed by atoms with E-state index in [2.05, 4.69) is 58.9 Å². The molecule has 0 aromatic heterocycles. The summed E-state index contributed by atoms with van der Waals surface area (Å²) >= 11 is 0. The van der Waals surface area contributed by atoms with E-state index in [1.165, 1.54) is 22.3 Å². The predicted octanol–water partition coefficient (Wildman–Crippen LogP) is 5.54. The minimum absolute atomic E-state index is 0.269. The number of hydrogen-bond donors (Lipinski definition) is 0. The zero-order valence-electron chi connectivity index (χ0n) is 14.5. The fourth-order valence-corrected chi connectivity index (χ4v) is 3.95. The molecule has 2 nitrogen and oxygen atoms in total. The normalized spacial score (nSPS) is 30.8. The van der Waals surface area contributed by atoms with Crippen LogP contribution < -0.4 is 0 Å². The first-order valence-electron chi connectivity index (χ1n) is 8.49. The first-order valence-corrected chi connectivity index (χ1v) is 8.49. The summed E-state index contributed by atoms with van der Waals surface area (Å²) in [4.78, 5) is 11.9. The number of allylic oxidation sites excluding steroid dienone is 2. The molecule has 2 heterocycles. The van der Waals surface area contributed by atoms with Gasteiger partial charge in [0, 0.05) is 0 Å². The van der Waals surface area contributed by atoms with E-state index >= 15 is 0 Å². The predicted molar refractivity (Wildman–Crippen MR) is 89.4 cm³/mol. The van der Waals surface area contributed by atoms with Crippen molar-refractivity contribution in [3.63, 3.8) is 0 Å². The van der Waals surface area contributed by atoms with Gasteiger partial charge in [0.2, 0.25) is 0 Å². The average molecular weight is 300 g/mol. The molecule has 120 valence electrons. The molecule has 1 fully saturated rings. The van der Waals surface area contributed by atoms with E-state index in [1.807, 2.05) is 0 Å². The molecule has 0 spiro atoms. The van der Waals surface area contributed by atoms with Crippen LogP contribution in [0.15, 0.2) is 29.8 Å². The van der Waals surface area contributed by atoms with Gasteiger partial charge < -0.3 is 0 Å². The Labute approximate surface area is 134 Å². The molecular weight excluding hydrogens is 272 g/mol. The highest BCUT2D eigenvalue weighted by Gasteiger charge is 2.55. The summed E-state index contributed by atoms with van der Waals surface area (Å²) in [5, 5.41) is 0. The third kappa shape index (κ3) is 2.43. The molecule has 4 rings (SSSR count). The number of benzene rings is 1. The summed E-state index contributed by atoms with van der Waals surface area (Å²) in [6.45, 7) is 10.9. The monoisotopic (exact) mass is 300 g/mol. The molecule has 0 unspecified atom stereocenters. The molecule has 0 saturated carbocycles. The van der Waals surface area contributed by atoms with Gasteiger partial charge in [-0.2, -0.15) is 0 Å². The van der Waals surface area contributed by atoms with Gasteiger partial charge in [0.15, 0.2) is 0 Å². The van der Waals surface area contributed by atoms with E-state index in [1.54, 1.807) is 0 Å². The lowest BCUT2D eigenvalue weighted by molar-refractivity contribution is -0.469. The number of hydrogen-bond acceptors (Lipinski definition) is 2. The van der Waals surface area contributed by atoms with E-state index in [0.717, 1.165) is 25.7 Å². The van der Waals surface area contributed by atoms with Crippen LogP contribution in [-0.2, 0) is 21.0 Å². The Morgan fingerprint density at radius 2 is 2.00 bits per heavy atom. The Morgan fingerprint density at radius 1 is 1.23 bits per heavy atom. The molecule has 2 heteroatoms. The second-order valence-electron chi connectivity index (χ2n) is 7.60. The highest BCUT2D eigenvalue weighted by Crippen LogP contribution is 2.56. The topological polar surface area (TPSA) is 18.5 Å². The van der Waals surface area contributed by atoms with Gasteiger partial charge in [0.05, 0.1) is 0 Å². The largest absolute Gasteiger partial charge is 0.225 e. The maximum Gasteiger partial charge on any atom is 0.131 e. The lowest BCUT2D eigenvalue weighted by atomic mass is 9.65. The van der Waals surface area contributed by atoms with Gasteiger partial charge in [0.25, 0.3) is 0 Å². The first kappa shape index (κ1) is 15.8. The Kier molecular flexibility index (Phi) is 3.94. The third-order valence-electron chi connectivity index (χ3n) is 5.50. The third-order valence-corrected chi connectivity index (χ3v) is 5.50. The molecule has 2 aliphatic heterocycles. The van der Waals surface area contributed by atoms with Gasteiger partial charge in [-0.3, -0.25) is 0 Å². The summed E-state index contributed by atoms with van der Waals surface area (Å²) in [5.41, 5.74) is 4.83. The van der Waals surface area contributed by atoms with Crippen molar-refractivity contribution in [1.82, 2.24) is 0 Å². The van der Waals surface area contributed by atoms with Crippen LogP contribution in [0.3, 0.4) is 0 Å². The zero-order chi connectivity index (χ0) is 16.0. The Bertz CT molecular complexity index is 588. The van der Waals surface area contributed by atoms with Crippen LogP contribution >= 0.6 is 0 Å². The van der Waals surface area contributed by atoms with Gasteiger partial charge in [0.1, 0.15) is 11.2 Å². The molecule has 0 N–H and O–H groups in total. The van der Waals surface area contributed by atoms with Gasteiger partial charge in [-0.15, -0.1) is 0 Å². The summed E-state index contributed by atoms with van der Waals surface area (Å²) < 4.78 is 0. The van der Waals surface area contributed by atoms with E-state index < -0.39 is 0 Å². The average Bonchev–Trinajstić information content (AvgIpc) is 2.47. The Balaban J connectivity index is 1.95. The van der Waals surface area contributed by atoms with Crippen molar-refractivity contribution in [2.24, 2.45) is 5.92 Å². The van der Waals surface area contributed by atoms with Crippen LogP contribution in [0.1, 0.15) is 70.1 Å². The fourth-order valence-electron chi connectivity index (χ4n) is 3.95. The van der Waals surface area contributed by atoms with E-state index in [4.69, 9.17) is 9.78 Å². The number of aryl methyl sites for hydroxylation is 1. The molecule has 1 aromatic carbocycles. The van der Waals surface area contributed by atoms with Crippen LogP contribution in [0, 0.1) is 12.8 Å². The van der Waals surface area contributed by atoms with E-state index in [-0.39, 0.29) is 11.2 Å².